The Bertz CT molecular complexity index is 2000. The van der Waals surface area contributed by atoms with Crippen LogP contribution in [-0.4, -0.2) is 26.5 Å². The van der Waals surface area contributed by atoms with E-state index in [0.717, 1.165) is 6.07 Å². The van der Waals surface area contributed by atoms with Crippen LogP contribution in [0.25, 0.3) is 11.1 Å². The van der Waals surface area contributed by atoms with Gasteiger partial charge in [0.05, 0.1) is 39.5 Å². The molecule has 3 aromatic carbocycles. The SMILES string of the molecule is CS(=N)(=O)c1cccc(Nc2ncc(-c3ccc(NC(=O)Nc4cc(C(F)(F)F)ccc4F)c(F)c3)c(NCc3ccco3)n2)c1. The highest BCUT2D eigenvalue weighted by Gasteiger charge is 2.31. The van der Waals surface area contributed by atoms with Crippen molar-refractivity contribution in [3.63, 3.8) is 0 Å². The Hall–Kier alpha value is -5.51. The predicted octanol–water partition coefficient (Wildman–Crippen LogP) is 8.07. The molecule has 10 nitrogen and oxygen atoms in total. The molecule has 46 heavy (non-hydrogen) atoms. The largest absolute Gasteiger partial charge is 0.467 e. The number of nitrogens with zero attached hydrogens (tertiary/aromatic N) is 2. The summed E-state index contributed by atoms with van der Waals surface area (Å²) >= 11 is 0. The molecule has 0 saturated heterocycles. The Morgan fingerprint density at radius 2 is 1.74 bits per heavy atom. The molecule has 5 rings (SSSR count). The maximum atomic E-state index is 15.2. The van der Waals surface area contributed by atoms with Crippen LogP contribution in [0.2, 0.25) is 0 Å². The molecular formula is C30H24F5N7O3S. The number of hydrogen-bond acceptors (Lipinski definition) is 8. The smallest absolute Gasteiger partial charge is 0.416 e. The van der Waals surface area contributed by atoms with Crippen molar-refractivity contribution in [1.29, 1.82) is 4.78 Å². The van der Waals surface area contributed by atoms with Gasteiger partial charge in [0.25, 0.3) is 0 Å². The maximum absolute atomic E-state index is 15.2. The molecule has 0 saturated carbocycles. The zero-order valence-corrected chi connectivity index (χ0v) is 24.5. The minimum absolute atomic E-state index is 0.132. The summed E-state index contributed by atoms with van der Waals surface area (Å²) in [6, 6.07) is 14.0. The van der Waals surface area contributed by atoms with Crippen LogP contribution >= 0.6 is 0 Å². The first-order valence-corrected chi connectivity index (χ1v) is 15.2. The zero-order chi connectivity index (χ0) is 33.1. The molecule has 2 heterocycles. The lowest BCUT2D eigenvalue weighted by Gasteiger charge is -2.15. The van der Waals surface area contributed by atoms with E-state index in [4.69, 9.17) is 9.20 Å². The van der Waals surface area contributed by atoms with Crippen molar-refractivity contribution in [3.05, 3.63) is 108 Å². The topological polar surface area (TPSA) is 145 Å². The molecule has 16 heteroatoms. The van der Waals surface area contributed by atoms with Gasteiger partial charge in [-0.2, -0.15) is 18.2 Å². The maximum Gasteiger partial charge on any atom is 0.416 e. The number of aromatic nitrogens is 2. The van der Waals surface area contributed by atoms with E-state index in [2.05, 4.69) is 25.9 Å². The van der Waals surface area contributed by atoms with Crippen LogP contribution in [-0.2, 0) is 22.5 Å². The Morgan fingerprint density at radius 1 is 0.957 bits per heavy atom. The van der Waals surface area contributed by atoms with Crippen molar-refractivity contribution >= 4 is 44.6 Å². The second-order valence-electron chi connectivity index (χ2n) is 9.85. The third-order valence-electron chi connectivity index (χ3n) is 6.41. The van der Waals surface area contributed by atoms with Crippen molar-refractivity contribution in [2.45, 2.75) is 17.6 Å². The number of hydrogen-bond donors (Lipinski definition) is 5. The first-order chi connectivity index (χ1) is 21.8. The lowest BCUT2D eigenvalue weighted by Crippen LogP contribution is -2.21. The number of rotatable bonds is 9. The molecule has 0 aliphatic rings. The van der Waals surface area contributed by atoms with Gasteiger partial charge in [-0.15, -0.1) is 0 Å². The van der Waals surface area contributed by atoms with Gasteiger partial charge in [-0.3, -0.25) is 0 Å². The molecule has 0 aliphatic heterocycles. The summed E-state index contributed by atoms with van der Waals surface area (Å²) < 4.78 is 93.6. The van der Waals surface area contributed by atoms with Crippen LogP contribution in [0.1, 0.15) is 11.3 Å². The number of amides is 2. The highest BCUT2D eigenvalue weighted by Crippen LogP contribution is 2.33. The van der Waals surface area contributed by atoms with Gasteiger partial charge in [0.1, 0.15) is 23.2 Å². The van der Waals surface area contributed by atoms with Gasteiger partial charge in [-0.05, 0) is 66.2 Å². The van der Waals surface area contributed by atoms with Gasteiger partial charge < -0.3 is 25.7 Å². The van der Waals surface area contributed by atoms with E-state index in [1.54, 1.807) is 36.4 Å². The standard InChI is InChI=1S/C30H24F5N7O3S/c1-46(36,44)21-6-2-4-19(14-21)39-28-38-16-22(27(42-28)37-15-20-5-3-11-45-20)17-7-10-25(24(32)12-17)40-29(43)41-26-13-18(30(33,34)35)8-9-23(26)31/h2-14,16,36H,15H2,1H3,(H2,40,41,43)(H2,37,38,39,42). The number of benzene rings is 3. The van der Waals surface area contributed by atoms with E-state index in [1.807, 2.05) is 5.32 Å². The average Bonchev–Trinajstić information content (AvgIpc) is 3.51. The van der Waals surface area contributed by atoms with E-state index in [1.165, 1.54) is 30.8 Å². The number of furan rings is 1. The molecule has 238 valence electrons. The lowest BCUT2D eigenvalue weighted by atomic mass is 10.1. The Labute approximate surface area is 259 Å². The quantitative estimate of drug-likeness (QED) is 0.101. The molecule has 1 unspecified atom stereocenters. The highest BCUT2D eigenvalue weighted by molar-refractivity contribution is 7.91. The minimum Gasteiger partial charge on any atom is -0.467 e. The number of carbonyl (C=O) groups excluding carboxylic acids is 1. The normalized spacial score (nSPS) is 12.7. The third kappa shape index (κ3) is 7.76. The highest BCUT2D eigenvalue weighted by atomic mass is 32.2. The predicted molar refractivity (Wildman–Crippen MR) is 162 cm³/mol. The van der Waals surface area contributed by atoms with Crippen LogP contribution in [0.5, 0.6) is 0 Å². The summed E-state index contributed by atoms with van der Waals surface area (Å²) in [5.74, 6) is -1.04. The molecule has 0 fully saturated rings. The molecule has 0 aliphatic carbocycles. The summed E-state index contributed by atoms with van der Waals surface area (Å²) in [6.45, 7) is 0.205. The van der Waals surface area contributed by atoms with Crippen LogP contribution in [0.3, 0.4) is 0 Å². The molecule has 2 aromatic heterocycles. The third-order valence-corrected chi connectivity index (χ3v) is 7.56. The summed E-state index contributed by atoms with van der Waals surface area (Å²) in [6.07, 6.45) is -0.548. The van der Waals surface area contributed by atoms with E-state index >= 15 is 4.39 Å². The van der Waals surface area contributed by atoms with E-state index in [0.29, 0.717) is 45.7 Å². The van der Waals surface area contributed by atoms with E-state index in [-0.39, 0.29) is 24.0 Å². The Balaban J connectivity index is 1.38. The van der Waals surface area contributed by atoms with Crippen molar-refractivity contribution < 1.29 is 35.4 Å². The van der Waals surface area contributed by atoms with Gasteiger partial charge in [-0.1, -0.05) is 12.1 Å². The zero-order valence-electron chi connectivity index (χ0n) is 23.7. The van der Waals surface area contributed by atoms with Crippen LogP contribution in [0, 0.1) is 16.4 Å². The fourth-order valence-electron chi connectivity index (χ4n) is 4.17. The number of halogens is 5. The minimum atomic E-state index is -4.76. The van der Waals surface area contributed by atoms with Crippen LogP contribution < -0.4 is 21.3 Å². The van der Waals surface area contributed by atoms with Crippen molar-refractivity contribution in [1.82, 2.24) is 9.97 Å². The summed E-state index contributed by atoms with van der Waals surface area (Å²) in [4.78, 5) is 21.5. The monoisotopic (exact) mass is 657 g/mol. The molecular weight excluding hydrogens is 633 g/mol. The number of alkyl halides is 3. The van der Waals surface area contributed by atoms with Crippen LogP contribution in [0.15, 0.2) is 94.6 Å². The molecule has 0 bridgehead atoms. The first kappa shape index (κ1) is 31.9. The summed E-state index contributed by atoms with van der Waals surface area (Å²) in [5, 5.41) is 10.2. The molecule has 1 atom stereocenters. The van der Waals surface area contributed by atoms with Gasteiger partial charge >= 0.3 is 12.2 Å². The molecule has 5 aromatic rings. The molecule has 5 N–H and O–H groups in total. The van der Waals surface area contributed by atoms with Crippen molar-refractivity contribution in [3.8, 4) is 11.1 Å². The number of anilines is 5. The average molecular weight is 658 g/mol. The Morgan fingerprint density at radius 3 is 2.43 bits per heavy atom. The fraction of sp³-hybridized carbons (Fsp3) is 0.100. The summed E-state index contributed by atoms with van der Waals surface area (Å²) in [7, 11) is -2.97. The molecule has 0 radical (unpaired) electrons. The number of nitrogens with one attached hydrogen (secondary N) is 5. The van der Waals surface area contributed by atoms with E-state index < -0.39 is 44.8 Å². The number of urea groups is 1. The van der Waals surface area contributed by atoms with Gasteiger partial charge in [0, 0.05) is 28.6 Å². The Kier molecular flexibility index (Phi) is 8.91. The van der Waals surface area contributed by atoms with Crippen molar-refractivity contribution in [2.24, 2.45) is 0 Å². The van der Waals surface area contributed by atoms with E-state index in [9.17, 15) is 26.6 Å². The number of carbonyl (C=O) groups is 1. The lowest BCUT2D eigenvalue weighted by molar-refractivity contribution is -0.137. The first-order valence-electron chi connectivity index (χ1n) is 13.2. The van der Waals surface area contributed by atoms with Gasteiger partial charge in [0.15, 0.2) is 0 Å². The second kappa shape index (κ2) is 12.8. The summed E-state index contributed by atoms with van der Waals surface area (Å²) in [5.41, 5.74) is -1.12. The van der Waals surface area contributed by atoms with Crippen LogP contribution in [0.4, 0.5) is 55.6 Å². The molecule has 0 spiro atoms. The van der Waals surface area contributed by atoms with Crippen molar-refractivity contribution in [2.75, 3.05) is 27.5 Å². The van der Waals surface area contributed by atoms with Gasteiger partial charge in [-0.25, -0.2) is 27.5 Å². The fourth-order valence-corrected chi connectivity index (χ4v) is 4.86. The van der Waals surface area contributed by atoms with Gasteiger partial charge in [0.2, 0.25) is 5.95 Å². The molecule has 2 amide bonds. The second-order valence-corrected chi connectivity index (χ2v) is 12.0.